The minimum absolute atomic E-state index is 0.0713. The summed E-state index contributed by atoms with van der Waals surface area (Å²) >= 11 is 0. The Hall–Kier alpha value is -1.66. The van der Waals surface area contributed by atoms with Crippen molar-refractivity contribution in [1.29, 1.82) is 0 Å². The van der Waals surface area contributed by atoms with Gasteiger partial charge in [-0.3, -0.25) is 0 Å². The third-order valence-electron chi connectivity index (χ3n) is 2.14. The monoisotopic (exact) mass is 268 g/mol. The van der Waals surface area contributed by atoms with Crippen LogP contribution < -0.4 is 4.74 Å². The van der Waals surface area contributed by atoms with E-state index in [9.17, 15) is 26.7 Å². The molecule has 0 fully saturated rings. The minimum atomic E-state index is -4.68. The highest BCUT2D eigenvalue weighted by atomic mass is 19.4. The normalized spacial score (nSPS) is 11.7. The predicted molar refractivity (Wildman–Crippen MR) is 52.5 cm³/mol. The van der Waals surface area contributed by atoms with E-state index in [1.165, 1.54) is 0 Å². The second-order valence-corrected chi connectivity index (χ2v) is 3.40. The Kier molecular flexibility index (Phi) is 4.63. The van der Waals surface area contributed by atoms with E-state index in [0.717, 1.165) is 12.1 Å². The number of alkyl halides is 5. The Balaban J connectivity index is 3.08. The first-order valence-electron chi connectivity index (χ1n) is 4.93. The lowest BCUT2D eigenvalue weighted by molar-refractivity contribution is -0.138. The molecule has 0 N–H and O–H groups in total. The van der Waals surface area contributed by atoms with Crippen LogP contribution in [0.3, 0.4) is 0 Å². The molecular weight excluding hydrogens is 259 g/mol. The van der Waals surface area contributed by atoms with Crippen LogP contribution in [0.4, 0.5) is 22.0 Å². The zero-order valence-electron chi connectivity index (χ0n) is 9.01. The van der Waals surface area contributed by atoms with Crippen LogP contribution in [-0.4, -0.2) is 12.9 Å². The average Bonchev–Trinajstić information content (AvgIpc) is 2.25. The number of aryl methyl sites for hydroxylation is 1. The summed E-state index contributed by atoms with van der Waals surface area (Å²) in [7, 11) is 0. The van der Waals surface area contributed by atoms with Gasteiger partial charge in [0.25, 0.3) is 0 Å². The minimum Gasteiger partial charge on any atom is -0.435 e. The van der Waals surface area contributed by atoms with Gasteiger partial charge in [-0.15, -0.1) is 0 Å². The fraction of sp³-hybridized carbons (Fsp3) is 0.364. The molecule has 0 radical (unpaired) electrons. The number of carbonyl (C=O) groups is 1. The van der Waals surface area contributed by atoms with Crippen molar-refractivity contribution >= 4 is 6.29 Å². The molecule has 0 aliphatic rings. The van der Waals surface area contributed by atoms with Crippen LogP contribution in [0.2, 0.25) is 0 Å². The van der Waals surface area contributed by atoms with Crippen molar-refractivity contribution in [2.24, 2.45) is 0 Å². The zero-order chi connectivity index (χ0) is 13.8. The predicted octanol–water partition coefficient (Wildman–Crippen LogP) is 3.44. The fourth-order valence-electron chi connectivity index (χ4n) is 1.43. The Bertz CT molecular complexity index is 414. The summed E-state index contributed by atoms with van der Waals surface area (Å²) in [6, 6.07) is 2.55. The molecule has 0 bridgehead atoms. The van der Waals surface area contributed by atoms with Gasteiger partial charge in [0.1, 0.15) is 12.0 Å². The summed E-state index contributed by atoms with van der Waals surface area (Å²) in [6.45, 7) is -3.19. The molecule has 0 saturated carbocycles. The second kappa shape index (κ2) is 5.79. The van der Waals surface area contributed by atoms with Gasteiger partial charge in [0.15, 0.2) is 0 Å². The first-order chi connectivity index (χ1) is 8.34. The Morgan fingerprint density at radius 3 is 2.44 bits per heavy atom. The summed E-state index contributed by atoms with van der Waals surface area (Å²) in [5.41, 5.74) is -1.20. The van der Waals surface area contributed by atoms with Crippen LogP contribution in [0.15, 0.2) is 18.2 Å². The molecule has 7 heteroatoms. The highest BCUT2D eigenvalue weighted by Gasteiger charge is 2.33. The Labute approximate surface area is 99.4 Å². The summed E-state index contributed by atoms with van der Waals surface area (Å²) in [4.78, 5) is 10.1. The van der Waals surface area contributed by atoms with Gasteiger partial charge >= 0.3 is 12.8 Å². The topological polar surface area (TPSA) is 26.3 Å². The Morgan fingerprint density at radius 2 is 1.94 bits per heavy atom. The van der Waals surface area contributed by atoms with Crippen molar-refractivity contribution in [3.8, 4) is 5.75 Å². The van der Waals surface area contributed by atoms with Crippen molar-refractivity contribution in [2.75, 3.05) is 0 Å². The highest BCUT2D eigenvalue weighted by Crippen LogP contribution is 2.35. The fourth-order valence-corrected chi connectivity index (χ4v) is 1.43. The van der Waals surface area contributed by atoms with Gasteiger partial charge in [0.2, 0.25) is 0 Å². The Morgan fingerprint density at radius 1 is 1.28 bits per heavy atom. The van der Waals surface area contributed by atoms with E-state index in [1.54, 1.807) is 0 Å². The van der Waals surface area contributed by atoms with Gasteiger partial charge in [0, 0.05) is 6.42 Å². The number of rotatable bonds is 5. The van der Waals surface area contributed by atoms with Gasteiger partial charge in [-0.05, 0) is 24.1 Å². The summed E-state index contributed by atoms with van der Waals surface area (Å²) < 4.78 is 65.7. The third-order valence-corrected chi connectivity index (χ3v) is 2.14. The average molecular weight is 268 g/mol. The van der Waals surface area contributed by atoms with E-state index < -0.39 is 24.1 Å². The van der Waals surface area contributed by atoms with Crippen molar-refractivity contribution in [2.45, 2.75) is 25.6 Å². The van der Waals surface area contributed by atoms with Crippen LogP contribution in [-0.2, 0) is 17.4 Å². The van der Waals surface area contributed by atoms with Crippen LogP contribution in [0, 0.1) is 0 Å². The van der Waals surface area contributed by atoms with Crippen LogP contribution >= 0.6 is 0 Å². The molecule has 1 rings (SSSR count). The standard InChI is InChI=1S/C11H9F5O2/c12-10(13)18-8-4-3-7(2-1-5-17)9(6-8)11(14,15)16/h3-6,10H,1-2H2. The SMILES string of the molecule is O=CCCc1ccc(OC(F)F)cc1C(F)(F)F. The van der Waals surface area contributed by atoms with E-state index >= 15 is 0 Å². The molecule has 18 heavy (non-hydrogen) atoms. The number of ether oxygens (including phenoxy) is 1. The lowest BCUT2D eigenvalue weighted by Gasteiger charge is -2.14. The third kappa shape index (κ3) is 3.97. The van der Waals surface area contributed by atoms with Crippen molar-refractivity contribution in [3.63, 3.8) is 0 Å². The first kappa shape index (κ1) is 14.4. The van der Waals surface area contributed by atoms with E-state index in [-0.39, 0.29) is 18.4 Å². The van der Waals surface area contributed by atoms with Crippen LogP contribution in [0.1, 0.15) is 17.5 Å². The largest absolute Gasteiger partial charge is 0.435 e. The summed E-state index contributed by atoms with van der Waals surface area (Å²) in [5.74, 6) is -0.563. The van der Waals surface area contributed by atoms with Gasteiger partial charge < -0.3 is 9.53 Å². The number of hydrogen-bond donors (Lipinski definition) is 0. The van der Waals surface area contributed by atoms with Gasteiger partial charge in [-0.1, -0.05) is 6.07 Å². The second-order valence-electron chi connectivity index (χ2n) is 3.40. The zero-order valence-corrected chi connectivity index (χ0v) is 9.01. The quantitative estimate of drug-likeness (QED) is 0.604. The maximum absolute atomic E-state index is 12.7. The summed E-state index contributed by atoms with van der Waals surface area (Å²) in [6.07, 6.45) is -4.37. The van der Waals surface area contributed by atoms with Gasteiger partial charge in [0.05, 0.1) is 5.56 Å². The molecular formula is C11H9F5O2. The van der Waals surface area contributed by atoms with Crippen molar-refractivity contribution in [3.05, 3.63) is 29.3 Å². The molecule has 0 aromatic heterocycles. The smallest absolute Gasteiger partial charge is 0.416 e. The van der Waals surface area contributed by atoms with E-state index in [4.69, 9.17) is 0 Å². The molecule has 0 heterocycles. The molecule has 0 aliphatic carbocycles. The number of benzene rings is 1. The number of carbonyl (C=O) groups excluding carboxylic acids is 1. The van der Waals surface area contributed by atoms with Crippen molar-refractivity contribution in [1.82, 2.24) is 0 Å². The molecule has 2 nitrogen and oxygen atoms in total. The molecule has 0 aliphatic heterocycles. The number of hydrogen-bond acceptors (Lipinski definition) is 2. The number of aldehydes is 1. The number of halogens is 5. The molecule has 0 spiro atoms. The van der Waals surface area contributed by atoms with Crippen LogP contribution in [0.25, 0.3) is 0 Å². The van der Waals surface area contributed by atoms with E-state index in [2.05, 4.69) is 4.74 Å². The van der Waals surface area contributed by atoms with E-state index in [0.29, 0.717) is 12.4 Å². The maximum atomic E-state index is 12.7. The van der Waals surface area contributed by atoms with Gasteiger partial charge in [-0.25, -0.2) is 0 Å². The molecule has 1 aromatic carbocycles. The molecule has 0 atom stereocenters. The molecule has 0 unspecified atom stereocenters. The molecule has 100 valence electrons. The van der Waals surface area contributed by atoms with Gasteiger partial charge in [-0.2, -0.15) is 22.0 Å². The van der Waals surface area contributed by atoms with Crippen molar-refractivity contribution < 1.29 is 31.5 Å². The van der Waals surface area contributed by atoms with Crippen LogP contribution in [0.5, 0.6) is 5.75 Å². The molecule has 0 amide bonds. The lowest BCUT2D eigenvalue weighted by Crippen LogP contribution is -2.11. The molecule has 0 saturated heterocycles. The summed E-state index contributed by atoms with van der Waals surface area (Å²) in [5, 5.41) is 0. The lowest BCUT2D eigenvalue weighted by atomic mass is 10.0. The van der Waals surface area contributed by atoms with E-state index in [1.807, 2.05) is 0 Å². The molecule has 1 aromatic rings. The highest BCUT2D eigenvalue weighted by molar-refractivity contribution is 5.51. The first-order valence-corrected chi connectivity index (χ1v) is 4.93. The maximum Gasteiger partial charge on any atom is 0.416 e.